The highest BCUT2D eigenvalue weighted by Gasteiger charge is 2.70. The Bertz CT molecular complexity index is 947. The van der Waals surface area contributed by atoms with Crippen molar-refractivity contribution in [1.29, 1.82) is 0 Å². The van der Waals surface area contributed by atoms with Crippen LogP contribution in [-0.4, -0.2) is 67.5 Å². The summed E-state index contributed by atoms with van der Waals surface area (Å²) in [6.45, 7) is 3.51. The standard InChI is InChI=1S/C22H27N3O6/c1-6-13-17(25(18(13)26)11-7-9-12(30-4)10-8-11)16-14-15(20(28)24(3)19(14)27)22(2,23-16)21(29)31-5/h7-10,13-17,23H,6H2,1-5H3/t13-,14-,15-,16+,17-,22-/m1/s1. The zero-order valence-corrected chi connectivity index (χ0v) is 18.2. The molecule has 31 heavy (non-hydrogen) atoms. The highest BCUT2D eigenvalue weighted by molar-refractivity contribution is 6.10. The molecule has 3 heterocycles. The van der Waals surface area contributed by atoms with E-state index < -0.39 is 35.3 Å². The number of benzene rings is 1. The largest absolute Gasteiger partial charge is 0.497 e. The van der Waals surface area contributed by atoms with Gasteiger partial charge in [0, 0.05) is 18.8 Å². The molecule has 0 spiro atoms. The molecule has 0 bridgehead atoms. The lowest BCUT2D eigenvalue weighted by molar-refractivity contribution is -0.153. The zero-order chi connectivity index (χ0) is 22.7. The van der Waals surface area contributed by atoms with Gasteiger partial charge in [0.25, 0.3) is 0 Å². The molecule has 3 fully saturated rings. The second kappa shape index (κ2) is 7.33. The van der Waals surface area contributed by atoms with Crippen molar-refractivity contribution in [1.82, 2.24) is 10.2 Å². The molecule has 0 unspecified atom stereocenters. The summed E-state index contributed by atoms with van der Waals surface area (Å²) in [5.41, 5.74) is -0.681. The van der Waals surface area contributed by atoms with Crippen LogP contribution in [0.25, 0.3) is 0 Å². The third kappa shape index (κ3) is 2.79. The Morgan fingerprint density at radius 1 is 1.10 bits per heavy atom. The van der Waals surface area contributed by atoms with Gasteiger partial charge in [0.2, 0.25) is 17.7 Å². The number of ether oxygens (including phenoxy) is 2. The molecule has 166 valence electrons. The van der Waals surface area contributed by atoms with Gasteiger partial charge in [0.1, 0.15) is 11.3 Å². The van der Waals surface area contributed by atoms with Gasteiger partial charge >= 0.3 is 5.97 Å². The van der Waals surface area contributed by atoms with E-state index in [1.165, 1.54) is 14.2 Å². The van der Waals surface area contributed by atoms with E-state index in [9.17, 15) is 19.2 Å². The molecule has 0 aliphatic carbocycles. The quantitative estimate of drug-likeness (QED) is 0.414. The van der Waals surface area contributed by atoms with Gasteiger partial charge in [-0.25, -0.2) is 0 Å². The number of nitrogens with one attached hydrogen (secondary N) is 1. The Hall–Kier alpha value is -2.94. The molecule has 9 nitrogen and oxygen atoms in total. The molecule has 0 aromatic heterocycles. The summed E-state index contributed by atoms with van der Waals surface area (Å²) in [4.78, 5) is 54.4. The van der Waals surface area contributed by atoms with Crippen molar-refractivity contribution in [3.8, 4) is 5.75 Å². The fourth-order valence-electron chi connectivity index (χ4n) is 5.46. The highest BCUT2D eigenvalue weighted by Crippen LogP contribution is 2.48. The lowest BCUT2D eigenvalue weighted by atomic mass is 9.74. The molecule has 1 N–H and O–H groups in total. The Morgan fingerprint density at radius 2 is 1.74 bits per heavy atom. The fraction of sp³-hybridized carbons (Fsp3) is 0.545. The first-order valence-electron chi connectivity index (χ1n) is 10.4. The molecule has 4 rings (SSSR count). The first kappa shape index (κ1) is 21.3. The minimum atomic E-state index is -1.36. The number of carbonyl (C=O) groups excluding carboxylic acids is 4. The summed E-state index contributed by atoms with van der Waals surface area (Å²) >= 11 is 0. The lowest BCUT2D eigenvalue weighted by Crippen LogP contribution is -2.70. The first-order chi connectivity index (χ1) is 14.7. The van der Waals surface area contributed by atoms with Crippen LogP contribution >= 0.6 is 0 Å². The van der Waals surface area contributed by atoms with E-state index in [-0.39, 0.29) is 23.8 Å². The lowest BCUT2D eigenvalue weighted by Gasteiger charge is -2.51. The maximum Gasteiger partial charge on any atom is 0.326 e. The van der Waals surface area contributed by atoms with Gasteiger partial charge < -0.3 is 14.4 Å². The summed E-state index contributed by atoms with van der Waals surface area (Å²) in [6.07, 6.45) is 0.582. The number of likely N-dealkylation sites (tertiary alicyclic amines) is 1. The van der Waals surface area contributed by atoms with E-state index in [2.05, 4.69) is 5.32 Å². The van der Waals surface area contributed by atoms with Crippen molar-refractivity contribution in [2.75, 3.05) is 26.2 Å². The van der Waals surface area contributed by atoms with Crippen LogP contribution in [0.3, 0.4) is 0 Å². The average Bonchev–Trinajstić information content (AvgIpc) is 3.20. The molecule has 1 aromatic rings. The molecule has 3 amide bonds. The van der Waals surface area contributed by atoms with Crippen molar-refractivity contribution in [3.63, 3.8) is 0 Å². The van der Waals surface area contributed by atoms with Gasteiger partial charge in [-0.3, -0.25) is 29.4 Å². The van der Waals surface area contributed by atoms with Crippen LogP contribution in [0.4, 0.5) is 5.69 Å². The maximum absolute atomic E-state index is 13.0. The Kier molecular flexibility index (Phi) is 5.04. The smallest absolute Gasteiger partial charge is 0.326 e. The number of amides is 3. The van der Waals surface area contributed by atoms with Crippen molar-refractivity contribution >= 4 is 29.4 Å². The predicted octanol–water partition coefficient (Wildman–Crippen LogP) is 0.571. The fourth-order valence-corrected chi connectivity index (χ4v) is 5.46. The van der Waals surface area contributed by atoms with Crippen LogP contribution in [-0.2, 0) is 23.9 Å². The van der Waals surface area contributed by atoms with Crippen molar-refractivity contribution < 1.29 is 28.7 Å². The molecular weight excluding hydrogens is 402 g/mol. The summed E-state index contributed by atoms with van der Waals surface area (Å²) in [5, 5.41) is 3.25. The number of β-lactam (4-membered cyclic amide) rings is 1. The molecular formula is C22H27N3O6. The van der Waals surface area contributed by atoms with Gasteiger partial charge in [-0.15, -0.1) is 0 Å². The summed E-state index contributed by atoms with van der Waals surface area (Å²) < 4.78 is 10.2. The minimum absolute atomic E-state index is 0.0483. The predicted molar refractivity (Wildman–Crippen MR) is 110 cm³/mol. The third-order valence-corrected chi connectivity index (χ3v) is 7.08. The number of carbonyl (C=O) groups is 4. The third-order valence-electron chi connectivity index (χ3n) is 7.08. The van der Waals surface area contributed by atoms with E-state index in [0.29, 0.717) is 17.9 Å². The molecule has 0 radical (unpaired) electrons. The Balaban J connectivity index is 1.76. The number of imide groups is 1. The molecule has 6 atom stereocenters. The second-order valence-corrected chi connectivity index (χ2v) is 8.51. The normalized spacial score (nSPS) is 34.6. The number of esters is 1. The molecule has 0 saturated carbocycles. The van der Waals surface area contributed by atoms with Crippen molar-refractivity contribution in [2.24, 2.45) is 17.8 Å². The van der Waals surface area contributed by atoms with Crippen LogP contribution in [0.15, 0.2) is 24.3 Å². The minimum Gasteiger partial charge on any atom is -0.497 e. The van der Waals surface area contributed by atoms with E-state index in [0.717, 1.165) is 4.90 Å². The number of hydrogen-bond acceptors (Lipinski definition) is 7. The van der Waals surface area contributed by atoms with Gasteiger partial charge in [-0.05, 0) is 37.6 Å². The van der Waals surface area contributed by atoms with Crippen LogP contribution in [0, 0.1) is 17.8 Å². The van der Waals surface area contributed by atoms with Crippen molar-refractivity contribution in [2.45, 2.75) is 37.9 Å². The van der Waals surface area contributed by atoms with Gasteiger partial charge in [-0.2, -0.15) is 0 Å². The van der Waals surface area contributed by atoms with E-state index >= 15 is 0 Å². The van der Waals surface area contributed by atoms with Crippen LogP contribution in [0.5, 0.6) is 5.75 Å². The topological polar surface area (TPSA) is 105 Å². The van der Waals surface area contributed by atoms with Gasteiger partial charge in [0.05, 0.1) is 38.0 Å². The van der Waals surface area contributed by atoms with E-state index in [1.807, 2.05) is 6.92 Å². The summed E-state index contributed by atoms with van der Waals surface area (Å²) in [7, 11) is 4.26. The number of nitrogens with zero attached hydrogens (tertiary/aromatic N) is 2. The summed E-state index contributed by atoms with van der Waals surface area (Å²) in [5.74, 6) is -2.70. The summed E-state index contributed by atoms with van der Waals surface area (Å²) in [6, 6.07) is 6.15. The molecule has 3 aliphatic heterocycles. The Labute approximate surface area is 180 Å². The molecule has 9 heteroatoms. The second-order valence-electron chi connectivity index (χ2n) is 8.51. The maximum atomic E-state index is 13.0. The number of hydrogen-bond donors (Lipinski definition) is 1. The monoisotopic (exact) mass is 429 g/mol. The van der Waals surface area contributed by atoms with E-state index in [1.54, 1.807) is 43.2 Å². The van der Waals surface area contributed by atoms with Gasteiger partial charge in [-0.1, -0.05) is 6.92 Å². The van der Waals surface area contributed by atoms with E-state index in [4.69, 9.17) is 9.47 Å². The van der Waals surface area contributed by atoms with Gasteiger partial charge in [0.15, 0.2) is 0 Å². The highest BCUT2D eigenvalue weighted by atomic mass is 16.5. The van der Waals surface area contributed by atoms with Crippen molar-refractivity contribution in [3.05, 3.63) is 24.3 Å². The molecule has 1 aromatic carbocycles. The van der Waals surface area contributed by atoms with Crippen LogP contribution < -0.4 is 15.0 Å². The Morgan fingerprint density at radius 3 is 2.29 bits per heavy atom. The number of rotatable bonds is 5. The molecule has 3 saturated heterocycles. The zero-order valence-electron chi connectivity index (χ0n) is 18.2. The van der Waals surface area contributed by atoms with Crippen LogP contribution in [0.2, 0.25) is 0 Å². The average molecular weight is 429 g/mol. The number of anilines is 1. The SMILES string of the molecule is CC[C@H]1C(=O)N(c2ccc(OC)cc2)[C@H]1[C@H]1N[C@@](C)(C(=O)OC)[C@H]2C(=O)N(C)C(=O)[C@@H]12. The van der Waals surface area contributed by atoms with Crippen LogP contribution in [0.1, 0.15) is 20.3 Å². The first-order valence-corrected chi connectivity index (χ1v) is 10.4. The number of methoxy groups -OCH3 is 2. The molecule has 3 aliphatic rings. The number of fused-ring (bicyclic) bond motifs is 1.